The molecule has 16 heavy (non-hydrogen) atoms. The van der Waals surface area contributed by atoms with Crippen LogP contribution >= 0.6 is 43.5 Å². The molecular weight excluding hydrogens is 359 g/mol. The van der Waals surface area contributed by atoms with E-state index < -0.39 is 0 Å². The van der Waals surface area contributed by atoms with Crippen LogP contribution < -0.4 is 0 Å². The van der Waals surface area contributed by atoms with E-state index in [1.165, 1.54) is 6.26 Å². The minimum absolute atomic E-state index is 0.241. The van der Waals surface area contributed by atoms with Crippen LogP contribution in [-0.4, -0.2) is 5.78 Å². The van der Waals surface area contributed by atoms with E-state index in [-0.39, 0.29) is 11.5 Å². The molecule has 0 fully saturated rings. The molecular formula is C11H5Br2ClO2. The molecule has 2 aromatic rings. The van der Waals surface area contributed by atoms with Crippen molar-refractivity contribution in [2.24, 2.45) is 0 Å². The second-order valence-corrected chi connectivity index (χ2v) is 5.23. The molecule has 2 nitrogen and oxygen atoms in total. The molecule has 0 saturated carbocycles. The van der Waals surface area contributed by atoms with Crippen molar-refractivity contribution in [2.45, 2.75) is 0 Å². The van der Waals surface area contributed by atoms with Crippen LogP contribution in [-0.2, 0) is 0 Å². The lowest BCUT2D eigenvalue weighted by molar-refractivity contribution is 0.101. The number of hydrogen-bond donors (Lipinski definition) is 0. The molecule has 0 saturated heterocycles. The fourth-order valence-electron chi connectivity index (χ4n) is 1.25. The summed E-state index contributed by atoms with van der Waals surface area (Å²) in [5.74, 6) is 0.0126. The Morgan fingerprint density at radius 1 is 1.25 bits per heavy atom. The summed E-state index contributed by atoms with van der Waals surface area (Å²) >= 11 is 12.5. The SMILES string of the molecule is O=C(c1ccc(Br)cc1Cl)c1occc1Br. The Morgan fingerprint density at radius 2 is 2.00 bits per heavy atom. The molecule has 0 spiro atoms. The van der Waals surface area contributed by atoms with Gasteiger partial charge < -0.3 is 4.42 Å². The highest BCUT2D eigenvalue weighted by Gasteiger charge is 2.18. The zero-order valence-electron chi connectivity index (χ0n) is 7.84. The van der Waals surface area contributed by atoms with Crippen molar-refractivity contribution in [3.8, 4) is 0 Å². The molecule has 0 aliphatic rings. The van der Waals surface area contributed by atoms with Gasteiger partial charge in [-0.2, -0.15) is 0 Å². The van der Waals surface area contributed by atoms with Crippen LogP contribution in [0.25, 0.3) is 0 Å². The molecule has 0 bridgehead atoms. The average Bonchev–Trinajstić information content (AvgIpc) is 2.63. The third-order valence-electron chi connectivity index (χ3n) is 2.00. The van der Waals surface area contributed by atoms with Gasteiger partial charge in [0.2, 0.25) is 5.78 Å². The highest BCUT2D eigenvalue weighted by atomic mass is 79.9. The summed E-state index contributed by atoms with van der Waals surface area (Å²) in [5.41, 5.74) is 0.417. The Morgan fingerprint density at radius 3 is 2.56 bits per heavy atom. The van der Waals surface area contributed by atoms with E-state index in [1.807, 2.05) is 0 Å². The minimum atomic E-state index is -0.241. The quantitative estimate of drug-likeness (QED) is 0.724. The second kappa shape index (κ2) is 4.73. The zero-order chi connectivity index (χ0) is 11.7. The van der Waals surface area contributed by atoms with Crippen molar-refractivity contribution in [2.75, 3.05) is 0 Å². The van der Waals surface area contributed by atoms with Crippen LogP contribution in [0.4, 0.5) is 0 Å². The molecule has 0 atom stereocenters. The standard InChI is InChI=1S/C11H5Br2ClO2/c12-6-1-2-7(9(14)5-6)10(15)11-8(13)3-4-16-11/h1-5H. The summed E-state index contributed by atoms with van der Waals surface area (Å²) in [6, 6.07) is 6.76. The number of carbonyl (C=O) groups is 1. The lowest BCUT2D eigenvalue weighted by atomic mass is 10.1. The van der Waals surface area contributed by atoms with Crippen molar-refractivity contribution in [3.63, 3.8) is 0 Å². The Balaban J connectivity index is 2.46. The van der Waals surface area contributed by atoms with Gasteiger partial charge in [-0.3, -0.25) is 4.79 Å². The summed E-state index contributed by atoms with van der Waals surface area (Å²) in [4.78, 5) is 12.0. The Labute approximate surface area is 114 Å². The van der Waals surface area contributed by atoms with Gasteiger partial charge in [-0.15, -0.1) is 0 Å². The number of hydrogen-bond acceptors (Lipinski definition) is 2. The first-order valence-electron chi connectivity index (χ1n) is 4.32. The monoisotopic (exact) mass is 362 g/mol. The molecule has 0 radical (unpaired) electrons. The van der Waals surface area contributed by atoms with Gasteiger partial charge in [-0.05, 0) is 40.2 Å². The largest absolute Gasteiger partial charge is 0.460 e. The Bertz CT molecular complexity index is 549. The van der Waals surface area contributed by atoms with Crippen LogP contribution in [0.2, 0.25) is 5.02 Å². The van der Waals surface area contributed by atoms with Crippen molar-refractivity contribution in [1.29, 1.82) is 0 Å². The molecule has 0 N–H and O–H groups in total. The first kappa shape index (κ1) is 11.9. The van der Waals surface area contributed by atoms with Crippen molar-refractivity contribution in [3.05, 3.63) is 55.8 Å². The summed E-state index contributed by atoms with van der Waals surface area (Å²) < 4.78 is 6.55. The normalized spacial score (nSPS) is 10.4. The predicted molar refractivity (Wildman–Crippen MR) is 69.0 cm³/mol. The molecule has 0 amide bonds. The van der Waals surface area contributed by atoms with Crippen molar-refractivity contribution < 1.29 is 9.21 Å². The summed E-state index contributed by atoms with van der Waals surface area (Å²) in [7, 11) is 0. The molecule has 1 aromatic heterocycles. The number of halogens is 3. The molecule has 0 aliphatic carbocycles. The highest BCUT2D eigenvalue weighted by molar-refractivity contribution is 9.10. The highest BCUT2D eigenvalue weighted by Crippen LogP contribution is 2.27. The Hall–Kier alpha value is -0.580. The van der Waals surface area contributed by atoms with Gasteiger partial charge >= 0.3 is 0 Å². The van der Waals surface area contributed by atoms with Crippen molar-refractivity contribution in [1.82, 2.24) is 0 Å². The molecule has 2 rings (SSSR count). The number of furan rings is 1. The summed E-state index contributed by atoms with van der Waals surface area (Å²) in [6.45, 7) is 0. The van der Waals surface area contributed by atoms with E-state index in [9.17, 15) is 4.79 Å². The molecule has 5 heteroatoms. The average molecular weight is 364 g/mol. The molecule has 82 valence electrons. The van der Waals surface area contributed by atoms with E-state index in [0.717, 1.165) is 4.47 Å². The first-order valence-corrected chi connectivity index (χ1v) is 6.28. The van der Waals surface area contributed by atoms with Gasteiger partial charge in [0.1, 0.15) is 0 Å². The minimum Gasteiger partial charge on any atom is -0.460 e. The van der Waals surface area contributed by atoms with Gasteiger partial charge in [0.05, 0.1) is 15.8 Å². The third-order valence-corrected chi connectivity index (χ3v) is 3.43. The van der Waals surface area contributed by atoms with Crippen LogP contribution in [0.5, 0.6) is 0 Å². The smallest absolute Gasteiger partial charge is 0.230 e. The number of carbonyl (C=O) groups excluding carboxylic acids is 1. The summed E-state index contributed by atoms with van der Waals surface area (Å²) in [5, 5.41) is 0.391. The van der Waals surface area contributed by atoms with E-state index in [4.69, 9.17) is 16.0 Å². The first-order chi connectivity index (χ1) is 7.59. The zero-order valence-corrected chi connectivity index (χ0v) is 11.8. The van der Waals surface area contributed by atoms with Gasteiger partial charge in [0, 0.05) is 10.0 Å². The lowest BCUT2D eigenvalue weighted by Gasteiger charge is -2.02. The van der Waals surface area contributed by atoms with E-state index in [0.29, 0.717) is 15.1 Å². The summed E-state index contributed by atoms with van der Waals surface area (Å²) in [6.07, 6.45) is 1.45. The van der Waals surface area contributed by atoms with E-state index >= 15 is 0 Å². The fraction of sp³-hybridized carbons (Fsp3) is 0. The molecule has 1 heterocycles. The van der Waals surface area contributed by atoms with Gasteiger partial charge in [0.25, 0.3) is 0 Å². The number of benzene rings is 1. The van der Waals surface area contributed by atoms with Gasteiger partial charge in [-0.25, -0.2) is 0 Å². The second-order valence-electron chi connectivity index (χ2n) is 3.05. The van der Waals surface area contributed by atoms with Crippen molar-refractivity contribution >= 4 is 49.2 Å². The van der Waals surface area contributed by atoms with E-state index in [1.54, 1.807) is 24.3 Å². The topological polar surface area (TPSA) is 30.2 Å². The van der Waals surface area contributed by atoms with Crippen LogP contribution in [0.15, 0.2) is 43.9 Å². The lowest BCUT2D eigenvalue weighted by Crippen LogP contribution is -2.01. The van der Waals surface area contributed by atoms with Crippen LogP contribution in [0, 0.1) is 0 Å². The maximum absolute atomic E-state index is 12.0. The Kier molecular flexibility index (Phi) is 3.52. The maximum atomic E-state index is 12.0. The number of ketones is 1. The van der Waals surface area contributed by atoms with Crippen LogP contribution in [0.3, 0.4) is 0 Å². The molecule has 0 aliphatic heterocycles. The van der Waals surface area contributed by atoms with Gasteiger partial charge in [0.15, 0.2) is 5.76 Å². The fourth-order valence-corrected chi connectivity index (χ4v) is 2.39. The predicted octanol–water partition coefficient (Wildman–Crippen LogP) is 4.69. The number of rotatable bonds is 2. The van der Waals surface area contributed by atoms with Crippen LogP contribution in [0.1, 0.15) is 16.1 Å². The molecule has 0 unspecified atom stereocenters. The molecule has 1 aromatic carbocycles. The third kappa shape index (κ3) is 2.24. The van der Waals surface area contributed by atoms with Gasteiger partial charge in [-0.1, -0.05) is 27.5 Å². The van der Waals surface area contributed by atoms with E-state index in [2.05, 4.69) is 31.9 Å². The maximum Gasteiger partial charge on any atom is 0.230 e.